The van der Waals surface area contributed by atoms with E-state index < -0.39 is 18.1 Å². The Morgan fingerprint density at radius 3 is 2.25 bits per heavy atom. The van der Waals surface area contributed by atoms with E-state index in [4.69, 9.17) is 10.5 Å². The molecule has 2 heterocycles. The second kappa shape index (κ2) is 8.11. The number of thioether (sulfide) groups is 1. The summed E-state index contributed by atoms with van der Waals surface area (Å²) >= 11 is 5.01. The summed E-state index contributed by atoms with van der Waals surface area (Å²) in [6.07, 6.45) is -0.558. The standard InChI is InChI=1S/C21H19BrN2O3S/c22-11-15-12-28-20-16(23)19(25)24(20)17(15)21(26)27-18(13-7-3-1-4-8-13)14-9-5-2-6-10-14/h1-10,16,18,20H,11-12,23H2/t16-,20-/m1/s1. The summed E-state index contributed by atoms with van der Waals surface area (Å²) in [5, 5.41) is 0.294. The van der Waals surface area contributed by atoms with Crippen LogP contribution >= 0.6 is 27.7 Å². The second-order valence-electron chi connectivity index (χ2n) is 6.63. The van der Waals surface area contributed by atoms with E-state index in [9.17, 15) is 9.59 Å². The highest BCUT2D eigenvalue weighted by atomic mass is 79.9. The van der Waals surface area contributed by atoms with Crippen molar-refractivity contribution in [1.29, 1.82) is 0 Å². The number of amides is 1. The first-order valence-electron chi connectivity index (χ1n) is 8.91. The molecule has 0 saturated carbocycles. The third-order valence-electron chi connectivity index (χ3n) is 4.87. The molecule has 4 rings (SSSR count). The van der Waals surface area contributed by atoms with Crippen LogP contribution in [0.3, 0.4) is 0 Å². The van der Waals surface area contributed by atoms with Gasteiger partial charge in [0.15, 0.2) is 6.10 Å². The number of esters is 1. The Kier molecular flexibility index (Phi) is 5.57. The average Bonchev–Trinajstić information content (AvgIpc) is 2.76. The number of β-lactam (4-membered cyclic amide) rings is 1. The number of fused-ring (bicyclic) bond motifs is 1. The highest BCUT2D eigenvalue weighted by Gasteiger charge is 2.52. The van der Waals surface area contributed by atoms with Gasteiger partial charge in [-0.15, -0.1) is 11.8 Å². The molecule has 2 aliphatic heterocycles. The maximum absolute atomic E-state index is 13.2. The van der Waals surface area contributed by atoms with Gasteiger partial charge in [-0.1, -0.05) is 76.6 Å². The van der Waals surface area contributed by atoms with Crippen molar-refractivity contribution < 1.29 is 14.3 Å². The molecule has 2 N–H and O–H groups in total. The molecular weight excluding hydrogens is 440 g/mol. The van der Waals surface area contributed by atoms with Gasteiger partial charge in [0, 0.05) is 11.1 Å². The summed E-state index contributed by atoms with van der Waals surface area (Å²) in [7, 11) is 0. The molecule has 2 aromatic carbocycles. The van der Waals surface area contributed by atoms with E-state index in [2.05, 4.69) is 15.9 Å². The van der Waals surface area contributed by atoms with Crippen LogP contribution in [0.5, 0.6) is 0 Å². The van der Waals surface area contributed by atoms with E-state index >= 15 is 0 Å². The monoisotopic (exact) mass is 458 g/mol. The Morgan fingerprint density at radius 2 is 1.71 bits per heavy atom. The fraction of sp³-hybridized carbons (Fsp3) is 0.238. The predicted molar refractivity (Wildman–Crippen MR) is 113 cm³/mol. The largest absolute Gasteiger partial charge is 0.448 e. The third-order valence-corrected chi connectivity index (χ3v) is 6.91. The lowest BCUT2D eigenvalue weighted by Crippen LogP contribution is -2.68. The fourth-order valence-electron chi connectivity index (χ4n) is 3.42. The number of nitrogens with two attached hydrogens (primary N) is 1. The van der Waals surface area contributed by atoms with Crippen molar-refractivity contribution in [2.24, 2.45) is 5.73 Å². The molecule has 28 heavy (non-hydrogen) atoms. The number of benzene rings is 2. The van der Waals surface area contributed by atoms with E-state index in [0.717, 1.165) is 16.7 Å². The van der Waals surface area contributed by atoms with Crippen LogP contribution in [0.1, 0.15) is 17.2 Å². The first kappa shape index (κ1) is 19.2. The molecule has 2 atom stereocenters. The summed E-state index contributed by atoms with van der Waals surface area (Å²) in [6.45, 7) is 0. The molecule has 2 aromatic rings. The van der Waals surface area contributed by atoms with Crippen molar-refractivity contribution in [1.82, 2.24) is 4.90 Å². The van der Waals surface area contributed by atoms with Crippen molar-refractivity contribution in [2.45, 2.75) is 17.5 Å². The van der Waals surface area contributed by atoms with Crippen molar-refractivity contribution in [3.05, 3.63) is 83.1 Å². The van der Waals surface area contributed by atoms with E-state index in [0.29, 0.717) is 16.8 Å². The fourth-order valence-corrected chi connectivity index (χ4v) is 5.44. The molecular formula is C21H19BrN2O3S. The van der Waals surface area contributed by atoms with E-state index in [1.54, 1.807) is 11.8 Å². The zero-order valence-electron chi connectivity index (χ0n) is 15.0. The minimum Gasteiger partial charge on any atom is -0.448 e. The van der Waals surface area contributed by atoms with Crippen LogP contribution in [-0.4, -0.2) is 39.3 Å². The lowest BCUT2D eigenvalue weighted by molar-refractivity contribution is -0.153. The molecule has 1 amide bonds. The van der Waals surface area contributed by atoms with Crippen LogP contribution in [-0.2, 0) is 14.3 Å². The number of carbonyl (C=O) groups excluding carboxylic acids is 2. The van der Waals surface area contributed by atoms with Crippen LogP contribution < -0.4 is 5.73 Å². The maximum atomic E-state index is 13.2. The predicted octanol–water partition coefficient (Wildman–Crippen LogP) is 3.21. The molecule has 0 aromatic heterocycles. The van der Waals surface area contributed by atoms with Crippen molar-refractivity contribution in [3.8, 4) is 0 Å². The van der Waals surface area contributed by atoms with Crippen molar-refractivity contribution in [3.63, 3.8) is 0 Å². The smallest absolute Gasteiger partial charge is 0.356 e. The summed E-state index contributed by atoms with van der Waals surface area (Å²) < 4.78 is 5.97. The Bertz CT molecular complexity index is 880. The normalized spacial score (nSPS) is 21.4. The molecule has 1 saturated heterocycles. The highest BCUT2D eigenvalue weighted by molar-refractivity contribution is 9.09. The number of carbonyl (C=O) groups is 2. The summed E-state index contributed by atoms with van der Waals surface area (Å²) in [5.41, 5.74) is 8.82. The third kappa shape index (κ3) is 3.38. The SMILES string of the molecule is N[C@@H]1C(=O)N2C(C(=O)OC(c3ccccc3)c3ccccc3)=C(CBr)CS[C@H]12. The lowest BCUT2D eigenvalue weighted by Gasteiger charge is -2.48. The van der Waals surface area contributed by atoms with Crippen LogP contribution in [0.25, 0.3) is 0 Å². The minimum absolute atomic E-state index is 0.204. The van der Waals surface area contributed by atoms with Gasteiger partial charge in [-0.25, -0.2) is 4.79 Å². The van der Waals surface area contributed by atoms with E-state index in [1.807, 2.05) is 60.7 Å². The van der Waals surface area contributed by atoms with Crippen molar-refractivity contribution >= 4 is 39.6 Å². The van der Waals surface area contributed by atoms with Gasteiger partial charge in [0.05, 0.1) is 0 Å². The molecule has 0 aliphatic carbocycles. The summed E-state index contributed by atoms with van der Waals surface area (Å²) in [6, 6.07) is 18.6. The molecule has 0 radical (unpaired) electrons. The van der Waals surface area contributed by atoms with Crippen LogP contribution in [0.15, 0.2) is 71.9 Å². The molecule has 5 nitrogen and oxygen atoms in total. The molecule has 144 valence electrons. The van der Waals surface area contributed by atoms with Crippen LogP contribution in [0.4, 0.5) is 0 Å². The van der Waals surface area contributed by atoms with Gasteiger partial charge in [0.1, 0.15) is 17.1 Å². The zero-order valence-corrected chi connectivity index (χ0v) is 17.4. The van der Waals surface area contributed by atoms with E-state index in [1.165, 1.54) is 4.90 Å². The Labute approximate surface area is 176 Å². The quantitative estimate of drug-likeness (QED) is 0.423. The number of alkyl halides is 1. The van der Waals surface area contributed by atoms with Gasteiger partial charge in [-0.05, 0) is 16.7 Å². The molecule has 2 aliphatic rings. The highest BCUT2D eigenvalue weighted by Crippen LogP contribution is 2.41. The molecule has 7 heteroatoms. The van der Waals surface area contributed by atoms with Crippen LogP contribution in [0, 0.1) is 0 Å². The number of hydrogen-bond donors (Lipinski definition) is 1. The van der Waals surface area contributed by atoms with Gasteiger partial charge in [-0.3, -0.25) is 9.69 Å². The average molecular weight is 459 g/mol. The topological polar surface area (TPSA) is 72.6 Å². The van der Waals surface area contributed by atoms with Gasteiger partial charge in [0.25, 0.3) is 0 Å². The molecule has 0 unspecified atom stereocenters. The van der Waals surface area contributed by atoms with Gasteiger partial charge >= 0.3 is 5.97 Å². The van der Waals surface area contributed by atoms with E-state index in [-0.39, 0.29) is 11.3 Å². The molecule has 0 spiro atoms. The van der Waals surface area contributed by atoms with Crippen LogP contribution in [0.2, 0.25) is 0 Å². The van der Waals surface area contributed by atoms with Gasteiger partial charge < -0.3 is 10.5 Å². The summed E-state index contributed by atoms with van der Waals surface area (Å²) in [4.78, 5) is 27.0. The Balaban J connectivity index is 1.68. The van der Waals surface area contributed by atoms with Gasteiger partial charge in [0.2, 0.25) is 5.91 Å². The van der Waals surface area contributed by atoms with Crippen molar-refractivity contribution in [2.75, 3.05) is 11.1 Å². The number of hydrogen-bond acceptors (Lipinski definition) is 5. The minimum atomic E-state index is -0.566. The Hall–Kier alpha value is -2.09. The first-order chi connectivity index (χ1) is 13.6. The molecule has 0 bridgehead atoms. The zero-order chi connectivity index (χ0) is 19.7. The lowest BCUT2D eigenvalue weighted by atomic mass is 10.0. The molecule has 1 fully saturated rings. The first-order valence-corrected chi connectivity index (χ1v) is 11.1. The maximum Gasteiger partial charge on any atom is 0.356 e. The number of ether oxygens (including phenoxy) is 1. The summed E-state index contributed by atoms with van der Waals surface area (Å²) in [5.74, 6) is -0.101. The van der Waals surface area contributed by atoms with Gasteiger partial charge in [-0.2, -0.15) is 0 Å². The number of halogens is 1. The number of rotatable bonds is 5. The number of nitrogens with zero attached hydrogens (tertiary/aromatic N) is 1. The second-order valence-corrected chi connectivity index (χ2v) is 8.29. The Morgan fingerprint density at radius 1 is 1.14 bits per heavy atom.